The first-order chi connectivity index (χ1) is 26.5. The molecule has 1 aromatic carbocycles. The molecule has 5 atom stereocenters. The first-order valence-electron chi connectivity index (χ1n) is 18.0. The second-order valence-corrected chi connectivity index (χ2v) is 12.0. The van der Waals surface area contributed by atoms with Gasteiger partial charge in [0.2, 0.25) is 17.7 Å². The standard InChI is InChI=1S/C15H24BNO3.C10H14BNO4.C7H7O2S.3C2H5O.3U/c1-3-12-13(20-15-7-4-5-10-19-15)11-14(18)17(12)9-6-8-16-2;1-2-7-8(13)6-9(14)12(7)5-3-4-11-10(15)16;1-10-9-8-7-5-3-2-4-6-7;3*1-2-3;;;/h1,3,12-13,15H,4-11H2,2H3;1-2,7-8,13H,3-6H2,(H,15,16);2-6H,1H2;3*2-3H,1H3;;;/q6*-1;3*+2/t12-,13+,15?;7-,8+;;;;;;;/m00......./s1. The quantitative estimate of drug-likeness (QED) is 0.0312. The fourth-order valence-corrected chi connectivity index (χ4v) is 5.34. The van der Waals surface area contributed by atoms with Gasteiger partial charge < -0.3 is 62.9 Å². The zero-order chi connectivity index (χ0) is 41.9. The average molecular weight is 1500 g/mol. The number of rotatable bonds is 16. The Balaban J connectivity index is -0.000000221. The number of aliphatic hydroxyl groups is 4. The van der Waals surface area contributed by atoms with E-state index in [0.29, 0.717) is 31.5 Å². The van der Waals surface area contributed by atoms with Gasteiger partial charge in [0.05, 0.1) is 25.0 Å². The number of likely N-dealkylation sites (tertiary alicyclic amines) is 2. The molecule has 58 heavy (non-hydrogen) atoms. The maximum Gasteiger partial charge on any atom is 2.00 e. The third-order valence-electron chi connectivity index (χ3n) is 7.49. The fourth-order valence-electron chi connectivity index (χ4n) is 5.21. The van der Waals surface area contributed by atoms with E-state index in [9.17, 15) is 19.5 Å². The van der Waals surface area contributed by atoms with Crippen LogP contribution in [0.5, 0.6) is 5.75 Å². The van der Waals surface area contributed by atoms with Crippen LogP contribution >= 0.6 is 12.0 Å². The van der Waals surface area contributed by atoms with Crippen molar-refractivity contribution in [1.29, 1.82) is 0 Å². The zero-order valence-corrected chi connectivity index (χ0v) is 47.4. The van der Waals surface area contributed by atoms with Crippen LogP contribution < -0.4 is 4.89 Å². The van der Waals surface area contributed by atoms with E-state index in [4.69, 9.17) is 47.9 Å². The van der Waals surface area contributed by atoms with Crippen LogP contribution in [0.3, 0.4) is 0 Å². The van der Waals surface area contributed by atoms with Crippen LogP contribution in [0.2, 0.25) is 19.5 Å². The number of hydrogen-bond donors (Lipinski definition) is 5. The summed E-state index contributed by atoms with van der Waals surface area (Å²) in [6.45, 7) is 22.7. The first kappa shape index (κ1) is 67.3. The molecule has 3 aliphatic rings. The Morgan fingerprint density at radius 3 is 1.91 bits per heavy atom. The van der Waals surface area contributed by atoms with Crippen LogP contribution in [0, 0.1) is 133 Å². The number of carbonyl (C=O) groups excluding carboxylic acids is 2. The van der Waals surface area contributed by atoms with Crippen LogP contribution in [-0.2, 0) is 23.4 Å². The summed E-state index contributed by atoms with van der Waals surface area (Å²) in [4.78, 5) is 41.9. The van der Waals surface area contributed by atoms with Crippen molar-refractivity contribution in [1.82, 2.24) is 9.80 Å². The number of hydrogen-bond acceptors (Lipinski definition) is 12. The van der Waals surface area contributed by atoms with Gasteiger partial charge in [-0.3, -0.25) is 20.6 Å². The summed E-state index contributed by atoms with van der Waals surface area (Å²) >= 11 is 0.924. The molecule has 2 radical (unpaired) electrons. The van der Waals surface area contributed by atoms with Gasteiger partial charge in [0.25, 0.3) is 7.28 Å². The molecule has 0 bridgehead atoms. The molecule has 1 aromatic rings. The monoisotopic (exact) mass is 1500 g/mol. The Hall–Kier alpha value is 0.266. The molecule has 4 rings (SSSR count). The van der Waals surface area contributed by atoms with Crippen LogP contribution in [-0.4, -0.2) is 118 Å². The van der Waals surface area contributed by atoms with E-state index in [0.717, 1.165) is 84.3 Å². The van der Waals surface area contributed by atoms with Crippen molar-refractivity contribution in [2.24, 2.45) is 0 Å². The predicted molar refractivity (Wildman–Crippen MR) is 214 cm³/mol. The van der Waals surface area contributed by atoms with Gasteiger partial charge in [-0.05, 0) is 44.2 Å². The molecule has 0 aromatic heterocycles. The zero-order valence-electron chi connectivity index (χ0n) is 34.1. The maximum atomic E-state index is 12.1. The number of benzene rings is 1. The Morgan fingerprint density at radius 2 is 1.45 bits per heavy atom. The van der Waals surface area contributed by atoms with Crippen molar-refractivity contribution in [3.63, 3.8) is 0 Å². The van der Waals surface area contributed by atoms with Gasteiger partial charge in [-0.2, -0.15) is 20.8 Å². The molecule has 3 fully saturated rings. The van der Waals surface area contributed by atoms with E-state index < -0.39 is 18.0 Å². The number of para-hydroxylation sites is 1. The number of carbonyl (C=O) groups is 3. The maximum absolute atomic E-state index is 12.1. The van der Waals surface area contributed by atoms with Crippen molar-refractivity contribution in [2.75, 3.05) is 19.7 Å². The molecule has 0 spiro atoms. The molecule has 1 unspecified atom stereocenters. The normalized spacial score (nSPS) is 19.8. The molecule has 2 amide bonds. The third kappa shape index (κ3) is 32.9. The molecular formula is C38H60B2N2O12SU3. The number of nitrogens with zero attached hydrogens (tertiary/aromatic N) is 2. The van der Waals surface area contributed by atoms with Crippen molar-refractivity contribution in [3.05, 3.63) is 81.7 Å². The van der Waals surface area contributed by atoms with Gasteiger partial charge in [-0.25, -0.2) is 32.0 Å². The largest absolute Gasteiger partial charge is 2.00 e. The van der Waals surface area contributed by atoms with Crippen molar-refractivity contribution in [2.45, 2.75) is 116 Å². The van der Waals surface area contributed by atoms with Gasteiger partial charge in [-0.1, -0.05) is 37.7 Å². The van der Waals surface area contributed by atoms with Crippen molar-refractivity contribution < 1.29 is 152 Å². The van der Waals surface area contributed by atoms with Crippen molar-refractivity contribution in [3.8, 4) is 5.75 Å². The minimum absolute atomic E-state index is 0. The molecular weight excluding hydrogens is 1440 g/mol. The van der Waals surface area contributed by atoms with E-state index in [1.54, 1.807) is 39.0 Å². The summed E-state index contributed by atoms with van der Waals surface area (Å²) in [5.41, 5.74) is 0. The molecule has 14 nitrogen and oxygen atoms in total. The topological polar surface area (TPSA) is 196 Å². The smallest absolute Gasteiger partial charge is 0.566 e. The number of aliphatic hydroxyl groups excluding tert-OH is 4. The van der Waals surface area contributed by atoms with E-state index in [1.807, 2.05) is 29.9 Å². The SMILES string of the molecule is C[CH-]O.C[CH-]O.C[CH-]O.[CH-]=C[C@H]1[C@H](O)CC(=O)N1CCC[B]C(=O)O.[CH-]=C[C@H]1[C@H](OC2CCCCO2)CC(=O)N1CCC[B]C.[CH2-]SOOc1ccccc1.[U+2].[U+2].[U+2]. The second-order valence-electron chi connectivity index (χ2n) is 11.6. The molecule has 0 aliphatic carbocycles. The summed E-state index contributed by atoms with van der Waals surface area (Å²) in [5, 5.41) is 40.2. The van der Waals surface area contributed by atoms with Gasteiger partial charge in [0.15, 0.2) is 12.0 Å². The molecule has 3 aliphatic heterocycles. The van der Waals surface area contributed by atoms with E-state index >= 15 is 0 Å². The summed E-state index contributed by atoms with van der Waals surface area (Å²) in [5.74, 6) is -0.295. The molecule has 3 heterocycles. The number of amides is 2. The molecule has 5 N–H and O–H groups in total. The number of ether oxygens (including phenoxy) is 2. The summed E-state index contributed by atoms with van der Waals surface area (Å²) in [6.07, 6.45) is 11.7. The van der Waals surface area contributed by atoms with Crippen LogP contribution in [0.1, 0.15) is 65.7 Å². The summed E-state index contributed by atoms with van der Waals surface area (Å²) < 4.78 is 16.1. The van der Waals surface area contributed by atoms with Gasteiger partial charge >= 0.3 is 93.3 Å². The van der Waals surface area contributed by atoms with Gasteiger partial charge in [0.1, 0.15) is 7.28 Å². The first-order valence-corrected chi connectivity index (χ1v) is 19.0. The van der Waals surface area contributed by atoms with Gasteiger partial charge in [-0.15, -0.1) is 16.4 Å². The van der Waals surface area contributed by atoms with Crippen LogP contribution in [0.25, 0.3) is 0 Å². The fraction of sp³-hybridized carbons (Fsp3) is 0.553. The van der Waals surface area contributed by atoms with Crippen molar-refractivity contribution >= 4 is 44.3 Å². The Kier molecular flexibility index (Phi) is 54.3. The Bertz CT molecular complexity index is 1130. The van der Waals surface area contributed by atoms with Crippen LogP contribution in [0.15, 0.2) is 42.5 Å². The molecule has 318 valence electrons. The van der Waals surface area contributed by atoms with E-state index in [1.165, 1.54) is 11.0 Å². The number of carboxylic acid groups (broad SMARTS) is 1. The molecule has 20 heteroatoms. The average Bonchev–Trinajstić information content (AvgIpc) is 3.62. The predicted octanol–water partition coefficient (Wildman–Crippen LogP) is 6.24. The van der Waals surface area contributed by atoms with E-state index in [-0.39, 0.29) is 130 Å². The Morgan fingerprint density at radius 1 is 0.931 bits per heavy atom. The summed E-state index contributed by atoms with van der Waals surface area (Å²) in [6, 6.07) is 8.68. The molecule has 3 saturated heterocycles. The second kappa shape index (κ2) is 46.8. The third-order valence-corrected chi connectivity index (χ3v) is 7.65. The molecule has 0 saturated carbocycles. The van der Waals surface area contributed by atoms with Gasteiger partial charge in [0, 0.05) is 31.8 Å². The minimum atomic E-state index is -0.963. The van der Waals surface area contributed by atoms with E-state index in [2.05, 4.69) is 17.9 Å². The summed E-state index contributed by atoms with van der Waals surface area (Å²) in [7, 11) is 3.27. The minimum Gasteiger partial charge on any atom is -0.566 e. The Labute approximate surface area is 424 Å². The van der Waals surface area contributed by atoms with Crippen LogP contribution in [0.4, 0.5) is 4.79 Å².